The molecule has 128 valence electrons. The number of carbonyl (C=O) groups excluding carboxylic acids is 1. The summed E-state index contributed by atoms with van der Waals surface area (Å²) in [6.45, 7) is 0.0977. The predicted molar refractivity (Wildman–Crippen MR) is 100 cm³/mol. The highest BCUT2D eigenvalue weighted by Crippen LogP contribution is 2.23. The molecule has 5 nitrogen and oxygen atoms in total. The minimum absolute atomic E-state index is 0.0977. The molecule has 0 radical (unpaired) electrons. The van der Waals surface area contributed by atoms with E-state index in [1.165, 1.54) is 6.20 Å². The van der Waals surface area contributed by atoms with Gasteiger partial charge >= 0.3 is 0 Å². The molecule has 0 spiro atoms. The molecule has 1 aromatic heterocycles. The second-order valence-corrected chi connectivity index (χ2v) is 6.80. The van der Waals surface area contributed by atoms with Crippen molar-refractivity contribution in [3.8, 4) is 11.3 Å². The van der Waals surface area contributed by atoms with Gasteiger partial charge in [0, 0.05) is 21.6 Å². The summed E-state index contributed by atoms with van der Waals surface area (Å²) in [5, 5.41) is 20.4. The number of halogens is 2. The number of hydrogen-bond acceptors (Lipinski definition) is 3. The number of H-pyrrole nitrogens is 1. The maximum absolute atomic E-state index is 12.5. The average Bonchev–Trinajstić information content (AvgIpc) is 3.10. The van der Waals surface area contributed by atoms with Gasteiger partial charge in [0.15, 0.2) is 0 Å². The number of carbonyl (C=O) groups is 1. The summed E-state index contributed by atoms with van der Waals surface area (Å²) in [4.78, 5) is 12.5. The molecule has 0 fully saturated rings. The van der Waals surface area contributed by atoms with E-state index in [0.717, 1.165) is 15.6 Å². The Morgan fingerprint density at radius 2 is 2.04 bits per heavy atom. The fourth-order valence-corrected chi connectivity index (χ4v) is 2.95. The van der Waals surface area contributed by atoms with E-state index < -0.39 is 6.10 Å². The molecule has 2 aromatic carbocycles. The van der Waals surface area contributed by atoms with Crippen LogP contribution in [0.3, 0.4) is 0 Å². The standard InChI is InChI=1S/C18H15BrClN3O2/c19-13-3-1-2-12(8-13)16(24)10-21-18(25)15-9-22-23-17(15)11-4-6-14(20)7-5-11/h1-9,16,24H,10H2,(H,21,25)(H,22,23)/t16-/m0/s1. The highest BCUT2D eigenvalue weighted by molar-refractivity contribution is 9.10. The van der Waals surface area contributed by atoms with Gasteiger partial charge in [-0.15, -0.1) is 0 Å². The van der Waals surface area contributed by atoms with Crippen molar-refractivity contribution in [3.63, 3.8) is 0 Å². The van der Waals surface area contributed by atoms with Gasteiger partial charge in [-0.05, 0) is 29.8 Å². The van der Waals surface area contributed by atoms with E-state index in [4.69, 9.17) is 11.6 Å². The first kappa shape index (κ1) is 17.7. The topological polar surface area (TPSA) is 78.0 Å². The molecule has 0 aliphatic carbocycles. The number of benzene rings is 2. The Labute approximate surface area is 158 Å². The van der Waals surface area contributed by atoms with Crippen LogP contribution in [0.5, 0.6) is 0 Å². The zero-order chi connectivity index (χ0) is 17.8. The molecule has 3 aromatic rings. The number of aliphatic hydroxyl groups excluding tert-OH is 1. The van der Waals surface area contributed by atoms with Gasteiger partial charge in [-0.1, -0.05) is 51.8 Å². The fourth-order valence-electron chi connectivity index (χ4n) is 2.41. The van der Waals surface area contributed by atoms with E-state index in [1.54, 1.807) is 18.2 Å². The molecule has 7 heteroatoms. The Hall–Kier alpha value is -2.15. The lowest BCUT2D eigenvalue weighted by Gasteiger charge is -2.12. The number of aromatic amines is 1. The maximum Gasteiger partial charge on any atom is 0.255 e. The predicted octanol–water partition coefficient (Wildman–Crippen LogP) is 3.96. The van der Waals surface area contributed by atoms with Gasteiger partial charge in [0.1, 0.15) is 0 Å². The molecule has 25 heavy (non-hydrogen) atoms. The molecule has 0 bridgehead atoms. The van der Waals surface area contributed by atoms with Gasteiger partial charge in [-0.3, -0.25) is 9.89 Å². The van der Waals surface area contributed by atoms with Crippen LogP contribution in [0.2, 0.25) is 5.02 Å². The van der Waals surface area contributed by atoms with Crippen molar-refractivity contribution >= 4 is 33.4 Å². The summed E-state index contributed by atoms with van der Waals surface area (Å²) in [5.74, 6) is -0.312. The Morgan fingerprint density at radius 1 is 1.28 bits per heavy atom. The van der Waals surface area contributed by atoms with Crippen LogP contribution in [-0.4, -0.2) is 27.8 Å². The molecule has 3 rings (SSSR count). The van der Waals surface area contributed by atoms with Gasteiger partial charge in [0.25, 0.3) is 5.91 Å². The van der Waals surface area contributed by atoms with Crippen molar-refractivity contribution in [2.75, 3.05) is 6.54 Å². The molecule has 0 unspecified atom stereocenters. The number of amides is 1. The Balaban J connectivity index is 1.70. The molecular weight excluding hydrogens is 406 g/mol. The first-order chi connectivity index (χ1) is 12.0. The van der Waals surface area contributed by atoms with Crippen molar-refractivity contribution in [2.45, 2.75) is 6.10 Å². The number of aromatic nitrogens is 2. The fraction of sp³-hybridized carbons (Fsp3) is 0.111. The highest BCUT2D eigenvalue weighted by atomic mass is 79.9. The summed E-state index contributed by atoms with van der Waals surface area (Å²) in [6.07, 6.45) is 0.664. The number of rotatable bonds is 5. The van der Waals surface area contributed by atoms with Gasteiger partial charge < -0.3 is 10.4 Å². The lowest BCUT2D eigenvalue weighted by Crippen LogP contribution is -2.28. The lowest BCUT2D eigenvalue weighted by atomic mass is 10.1. The lowest BCUT2D eigenvalue weighted by molar-refractivity contribution is 0.0917. The summed E-state index contributed by atoms with van der Waals surface area (Å²) >= 11 is 9.26. The van der Waals surface area contributed by atoms with Crippen molar-refractivity contribution in [2.24, 2.45) is 0 Å². The minimum atomic E-state index is -0.799. The third kappa shape index (κ3) is 4.28. The molecule has 1 amide bonds. The SMILES string of the molecule is O=C(NC[C@H](O)c1cccc(Br)c1)c1cn[nH]c1-c1ccc(Cl)cc1. The second kappa shape index (κ2) is 7.82. The number of aliphatic hydroxyl groups is 1. The second-order valence-electron chi connectivity index (χ2n) is 5.45. The summed E-state index contributed by atoms with van der Waals surface area (Å²) in [7, 11) is 0. The number of hydrogen-bond donors (Lipinski definition) is 3. The van der Waals surface area contributed by atoms with Gasteiger partial charge in [0.2, 0.25) is 0 Å². The van der Waals surface area contributed by atoms with Crippen LogP contribution in [0.15, 0.2) is 59.2 Å². The smallest absolute Gasteiger partial charge is 0.255 e. The molecule has 0 saturated carbocycles. The van der Waals surface area contributed by atoms with E-state index >= 15 is 0 Å². The number of nitrogens with one attached hydrogen (secondary N) is 2. The molecular formula is C18H15BrClN3O2. The van der Waals surface area contributed by atoms with Crippen LogP contribution in [0.1, 0.15) is 22.0 Å². The molecule has 1 atom stereocenters. The first-order valence-electron chi connectivity index (χ1n) is 7.55. The minimum Gasteiger partial charge on any atom is -0.387 e. The highest BCUT2D eigenvalue weighted by Gasteiger charge is 2.17. The van der Waals surface area contributed by atoms with Crippen molar-refractivity contribution < 1.29 is 9.90 Å². The van der Waals surface area contributed by atoms with Crippen molar-refractivity contribution in [3.05, 3.63) is 75.4 Å². The van der Waals surface area contributed by atoms with Crippen molar-refractivity contribution in [1.29, 1.82) is 0 Å². The van der Waals surface area contributed by atoms with E-state index in [2.05, 4.69) is 31.4 Å². The average molecular weight is 421 g/mol. The zero-order valence-corrected chi connectivity index (χ0v) is 15.4. The monoisotopic (exact) mass is 419 g/mol. The molecule has 0 aliphatic rings. The maximum atomic E-state index is 12.5. The van der Waals surface area contributed by atoms with Gasteiger partial charge in [0.05, 0.1) is 23.6 Å². The third-order valence-electron chi connectivity index (χ3n) is 3.71. The molecule has 1 heterocycles. The van der Waals surface area contributed by atoms with Crippen LogP contribution in [0, 0.1) is 0 Å². The largest absolute Gasteiger partial charge is 0.387 e. The normalized spacial score (nSPS) is 12.0. The zero-order valence-electron chi connectivity index (χ0n) is 13.0. The van der Waals surface area contributed by atoms with Crippen LogP contribution in [0.4, 0.5) is 0 Å². The van der Waals surface area contributed by atoms with E-state index in [0.29, 0.717) is 16.3 Å². The molecule has 0 saturated heterocycles. The number of nitrogens with zero attached hydrogens (tertiary/aromatic N) is 1. The Kier molecular flexibility index (Phi) is 5.53. The van der Waals surface area contributed by atoms with E-state index in [1.807, 2.05) is 30.3 Å². The Bertz CT molecular complexity index is 880. The third-order valence-corrected chi connectivity index (χ3v) is 4.45. The summed E-state index contributed by atoms with van der Waals surface area (Å²) < 4.78 is 0.871. The first-order valence-corrected chi connectivity index (χ1v) is 8.72. The van der Waals surface area contributed by atoms with Crippen LogP contribution >= 0.6 is 27.5 Å². The van der Waals surface area contributed by atoms with E-state index in [9.17, 15) is 9.90 Å². The molecule has 0 aliphatic heterocycles. The quantitative estimate of drug-likeness (QED) is 0.585. The van der Waals surface area contributed by atoms with E-state index in [-0.39, 0.29) is 12.5 Å². The summed E-state index contributed by atoms with van der Waals surface area (Å²) in [6, 6.07) is 14.4. The van der Waals surface area contributed by atoms with Crippen LogP contribution in [-0.2, 0) is 0 Å². The van der Waals surface area contributed by atoms with Gasteiger partial charge in [-0.25, -0.2) is 0 Å². The van der Waals surface area contributed by atoms with Crippen LogP contribution < -0.4 is 5.32 Å². The summed E-state index contributed by atoms with van der Waals surface area (Å²) in [5.41, 5.74) is 2.54. The van der Waals surface area contributed by atoms with Crippen LogP contribution in [0.25, 0.3) is 11.3 Å². The molecule has 3 N–H and O–H groups in total. The Morgan fingerprint density at radius 3 is 2.76 bits per heavy atom. The van der Waals surface area contributed by atoms with Crippen molar-refractivity contribution in [1.82, 2.24) is 15.5 Å². The van der Waals surface area contributed by atoms with Gasteiger partial charge in [-0.2, -0.15) is 5.10 Å².